The first-order valence-electron chi connectivity index (χ1n) is 4.82. The third-order valence-electron chi connectivity index (χ3n) is 3.22. The molecule has 2 aliphatic rings. The number of rotatable bonds is 1. The molecule has 1 saturated carbocycles. The SMILES string of the molecule is O=C(O)C1CC(S)=C2CCCC2C1. The minimum absolute atomic E-state index is 0.181. The molecule has 0 aromatic heterocycles. The van der Waals surface area contributed by atoms with Crippen LogP contribution in [0.4, 0.5) is 0 Å². The first-order valence-corrected chi connectivity index (χ1v) is 5.27. The van der Waals surface area contributed by atoms with Gasteiger partial charge in [0.2, 0.25) is 0 Å². The molecule has 2 nitrogen and oxygen atoms in total. The summed E-state index contributed by atoms with van der Waals surface area (Å²) in [5, 5.41) is 8.92. The van der Waals surface area contributed by atoms with E-state index < -0.39 is 5.97 Å². The van der Waals surface area contributed by atoms with E-state index >= 15 is 0 Å². The third-order valence-corrected chi connectivity index (χ3v) is 3.69. The molecular formula is C10H14O2S. The molecule has 13 heavy (non-hydrogen) atoms. The number of carboxylic acids is 1. The summed E-state index contributed by atoms with van der Waals surface area (Å²) in [5.74, 6) is -0.306. The molecule has 72 valence electrons. The van der Waals surface area contributed by atoms with Crippen molar-refractivity contribution in [3.8, 4) is 0 Å². The fourth-order valence-corrected chi connectivity index (χ4v) is 3.05. The highest BCUT2D eigenvalue weighted by Crippen LogP contribution is 2.44. The Labute approximate surface area is 83.4 Å². The third kappa shape index (κ3) is 1.62. The normalized spacial score (nSPS) is 33.3. The van der Waals surface area contributed by atoms with Gasteiger partial charge in [0.1, 0.15) is 0 Å². The molecule has 0 bridgehead atoms. The smallest absolute Gasteiger partial charge is 0.306 e. The van der Waals surface area contributed by atoms with E-state index in [0.717, 1.165) is 17.7 Å². The van der Waals surface area contributed by atoms with Gasteiger partial charge < -0.3 is 5.11 Å². The van der Waals surface area contributed by atoms with Crippen LogP contribution in [0.3, 0.4) is 0 Å². The summed E-state index contributed by atoms with van der Waals surface area (Å²) in [6.07, 6.45) is 5.04. The molecule has 2 aliphatic carbocycles. The molecule has 0 aromatic rings. The van der Waals surface area contributed by atoms with Gasteiger partial charge in [-0.05, 0) is 42.9 Å². The van der Waals surface area contributed by atoms with Crippen molar-refractivity contribution in [3.63, 3.8) is 0 Å². The first-order chi connectivity index (χ1) is 6.18. The topological polar surface area (TPSA) is 37.3 Å². The highest BCUT2D eigenvalue weighted by molar-refractivity contribution is 7.84. The van der Waals surface area contributed by atoms with Crippen LogP contribution in [-0.2, 0) is 4.79 Å². The summed E-state index contributed by atoms with van der Waals surface area (Å²) in [7, 11) is 0. The molecule has 2 unspecified atom stereocenters. The number of carboxylic acid groups (broad SMARTS) is 1. The van der Waals surface area contributed by atoms with Crippen molar-refractivity contribution in [3.05, 3.63) is 10.5 Å². The highest BCUT2D eigenvalue weighted by Gasteiger charge is 2.33. The fraction of sp³-hybridized carbons (Fsp3) is 0.700. The number of hydrogen-bond donors (Lipinski definition) is 2. The predicted octanol–water partition coefficient (Wildman–Crippen LogP) is 2.47. The molecule has 0 radical (unpaired) electrons. The van der Waals surface area contributed by atoms with Crippen molar-refractivity contribution in [2.75, 3.05) is 0 Å². The molecule has 0 aliphatic heterocycles. The first kappa shape index (κ1) is 9.13. The van der Waals surface area contributed by atoms with E-state index in [2.05, 4.69) is 12.6 Å². The van der Waals surface area contributed by atoms with E-state index in [-0.39, 0.29) is 5.92 Å². The Morgan fingerprint density at radius 2 is 2.31 bits per heavy atom. The van der Waals surface area contributed by atoms with Gasteiger partial charge in [-0.2, -0.15) is 0 Å². The standard InChI is InChI=1S/C10H14O2S/c11-10(12)7-4-6-2-1-3-8(6)9(13)5-7/h6-7,13H,1-5H2,(H,11,12). The van der Waals surface area contributed by atoms with Crippen molar-refractivity contribution in [2.45, 2.75) is 32.1 Å². The van der Waals surface area contributed by atoms with Crippen molar-refractivity contribution in [1.29, 1.82) is 0 Å². The van der Waals surface area contributed by atoms with Gasteiger partial charge in [-0.25, -0.2) is 0 Å². The Balaban J connectivity index is 2.19. The van der Waals surface area contributed by atoms with E-state index in [1.165, 1.54) is 18.4 Å². The molecule has 2 atom stereocenters. The lowest BCUT2D eigenvalue weighted by Gasteiger charge is -2.25. The van der Waals surface area contributed by atoms with E-state index in [0.29, 0.717) is 12.3 Å². The molecule has 0 heterocycles. The summed E-state index contributed by atoms with van der Waals surface area (Å²) < 4.78 is 0. The Hall–Kier alpha value is -0.440. The molecule has 0 saturated heterocycles. The Bertz CT molecular complexity index is 270. The van der Waals surface area contributed by atoms with Gasteiger partial charge in [0.15, 0.2) is 0 Å². The number of fused-ring (bicyclic) bond motifs is 1. The lowest BCUT2D eigenvalue weighted by atomic mass is 9.82. The number of thiol groups is 1. The summed E-state index contributed by atoms with van der Waals surface area (Å²) in [6.45, 7) is 0. The van der Waals surface area contributed by atoms with Crippen molar-refractivity contribution >= 4 is 18.6 Å². The van der Waals surface area contributed by atoms with Crippen molar-refractivity contribution < 1.29 is 9.90 Å². The lowest BCUT2D eigenvalue weighted by Crippen LogP contribution is -2.22. The van der Waals surface area contributed by atoms with Gasteiger partial charge in [-0.3, -0.25) is 4.79 Å². The zero-order valence-electron chi connectivity index (χ0n) is 7.49. The number of carbonyl (C=O) groups is 1. The fourth-order valence-electron chi connectivity index (χ4n) is 2.54. The average Bonchev–Trinajstić information content (AvgIpc) is 2.51. The lowest BCUT2D eigenvalue weighted by molar-refractivity contribution is -0.142. The summed E-state index contributed by atoms with van der Waals surface area (Å²) >= 11 is 4.41. The second-order valence-electron chi connectivity index (χ2n) is 4.04. The molecule has 1 fully saturated rings. The van der Waals surface area contributed by atoms with Crippen molar-refractivity contribution in [2.24, 2.45) is 11.8 Å². The van der Waals surface area contributed by atoms with Crippen LogP contribution in [0.5, 0.6) is 0 Å². The second kappa shape index (κ2) is 3.37. The maximum atomic E-state index is 10.8. The minimum Gasteiger partial charge on any atom is -0.481 e. The van der Waals surface area contributed by atoms with Crippen LogP contribution >= 0.6 is 12.6 Å². The van der Waals surface area contributed by atoms with Crippen LogP contribution in [0.1, 0.15) is 32.1 Å². The molecule has 0 spiro atoms. The summed E-state index contributed by atoms with van der Waals surface area (Å²) in [5.41, 5.74) is 1.45. The van der Waals surface area contributed by atoms with Crippen LogP contribution in [0.2, 0.25) is 0 Å². The van der Waals surface area contributed by atoms with Gasteiger partial charge in [-0.1, -0.05) is 5.57 Å². The quantitative estimate of drug-likeness (QED) is 0.635. The van der Waals surface area contributed by atoms with Crippen LogP contribution in [0.25, 0.3) is 0 Å². The Morgan fingerprint density at radius 3 is 3.00 bits per heavy atom. The summed E-state index contributed by atoms with van der Waals surface area (Å²) in [6, 6.07) is 0. The molecular weight excluding hydrogens is 184 g/mol. The van der Waals surface area contributed by atoms with Gasteiger partial charge in [-0.15, -0.1) is 12.6 Å². The van der Waals surface area contributed by atoms with Crippen LogP contribution < -0.4 is 0 Å². The number of aliphatic carboxylic acids is 1. The van der Waals surface area contributed by atoms with Crippen LogP contribution in [0.15, 0.2) is 10.5 Å². The van der Waals surface area contributed by atoms with E-state index in [1.807, 2.05) is 0 Å². The maximum Gasteiger partial charge on any atom is 0.306 e. The van der Waals surface area contributed by atoms with E-state index in [9.17, 15) is 4.79 Å². The highest BCUT2D eigenvalue weighted by atomic mass is 32.1. The minimum atomic E-state index is -0.655. The molecule has 3 heteroatoms. The van der Waals surface area contributed by atoms with Gasteiger partial charge >= 0.3 is 5.97 Å². The number of allylic oxidation sites excluding steroid dienone is 2. The predicted molar refractivity (Wildman–Crippen MR) is 53.7 cm³/mol. The van der Waals surface area contributed by atoms with Crippen LogP contribution in [0, 0.1) is 11.8 Å². The largest absolute Gasteiger partial charge is 0.481 e. The number of hydrogen-bond acceptors (Lipinski definition) is 2. The Morgan fingerprint density at radius 1 is 1.54 bits per heavy atom. The average molecular weight is 198 g/mol. The van der Waals surface area contributed by atoms with E-state index in [1.54, 1.807) is 0 Å². The van der Waals surface area contributed by atoms with Gasteiger partial charge in [0.05, 0.1) is 5.92 Å². The van der Waals surface area contributed by atoms with E-state index in [4.69, 9.17) is 5.11 Å². The van der Waals surface area contributed by atoms with Gasteiger partial charge in [0.25, 0.3) is 0 Å². The maximum absolute atomic E-state index is 10.8. The monoisotopic (exact) mass is 198 g/mol. The van der Waals surface area contributed by atoms with Crippen LogP contribution in [-0.4, -0.2) is 11.1 Å². The zero-order chi connectivity index (χ0) is 9.42. The zero-order valence-corrected chi connectivity index (χ0v) is 8.39. The molecule has 0 aromatic carbocycles. The van der Waals surface area contributed by atoms with Crippen molar-refractivity contribution in [1.82, 2.24) is 0 Å². The second-order valence-corrected chi connectivity index (χ2v) is 4.58. The molecule has 2 rings (SSSR count). The van der Waals surface area contributed by atoms with Gasteiger partial charge in [0, 0.05) is 0 Å². The Kier molecular flexibility index (Phi) is 2.37. The summed E-state index contributed by atoms with van der Waals surface area (Å²) in [4.78, 5) is 11.9. The molecule has 0 amide bonds. The molecule has 1 N–H and O–H groups in total.